The maximum Gasteiger partial charge on any atom is 0.265 e. The zero-order chi connectivity index (χ0) is 20.0. The molecule has 0 aliphatic carbocycles. The molecule has 1 aromatic carbocycles. The lowest BCUT2D eigenvalue weighted by molar-refractivity contribution is 0.562. The maximum atomic E-state index is 13.7. The summed E-state index contributed by atoms with van der Waals surface area (Å²) in [7, 11) is -3.80. The van der Waals surface area contributed by atoms with Crippen LogP contribution in [0.25, 0.3) is 16.0 Å². The number of pyridine rings is 1. The molecule has 2 aromatic heterocycles. The molecule has 5 nitrogen and oxygen atoms in total. The Balaban J connectivity index is 2.32. The fourth-order valence-corrected chi connectivity index (χ4v) is 4.10. The number of halogens is 2. The molecule has 0 aliphatic rings. The average molecular weight is 427 g/mol. The lowest BCUT2D eigenvalue weighted by Gasteiger charge is -2.15. The molecule has 142 valence electrons. The SMILES string of the molecule is CC(C)(C)S(=O)(=O)/N=C/c1cc2scc(Cl)n2c(=O)c1-c1cccc(F)c1. The Morgan fingerprint density at radius 2 is 1.96 bits per heavy atom. The molecule has 3 aromatic rings. The third-order valence-electron chi connectivity index (χ3n) is 3.91. The summed E-state index contributed by atoms with van der Waals surface area (Å²) in [4.78, 5) is 13.5. The van der Waals surface area contributed by atoms with Crippen molar-refractivity contribution in [3.8, 4) is 11.1 Å². The molecule has 27 heavy (non-hydrogen) atoms. The van der Waals surface area contributed by atoms with Crippen LogP contribution in [0.4, 0.5) is 4.39 Å². The molecule has 0 unspecified atom stereocenters. The number of hydrogen-bond acceptors (Lipinski definition) is 4. The number of fused-ring (bicyclic) bond motifs is 1. The number of sulfonamides is 1. The van der Waals surface area contributed by atoms with Crippen molar-refractivity contribution in [2.45, 2.75) is 25.5 Å². The van der Waals surface area contributed by atoms with Crippen LogP contribution in [-0.2, 0) is 10.0 Å². The Labute approximate surface area is 164 Å². The first-order valence-electron chi connectivity index (χ1n) is 7.90. The normalized spacial score (nSPS) is 12.9. The van der Waals surface area contributed by atoms with Gasteiger partial charge < -0.3 is 0 Å². The van der Waals surface area contributed by atoms with Gasteiger partial charge in [-0.05, 0) is 44.5 Å². The quantitative estimate of drug-likeness (QED) is 0.584. The summed E-state index contributed by atoms with van der Waals surface area (Å²) in [5, 5.41) is 1.82. The largest absolute Gasteiger partial charge is 0.268 e. The van der Waals surface area contributed by atoms with E-state index in [0.29, 0.717) is 10.4 Å². The molecule has 0 N–H and O–H groups in total. The average Bonchev–Trinajstić information content (AvgIpc) is 2.93. The summed E-state index contributed by atoms with van der Waals surface area (Å²) in [6.07, 6.45) is 1.13. The smallest absolute Gasteiger partial charge is 0.265 e. The van der Waals surface area contributed by atoms with Crippen LogP contribution in [0.15, 0.2) is 44.9 Å². The van der Waals surface area contributed by atoms with Gasteiger partial charge in [0.25, 0.3) is 15.6 Å². The number of aromatic nitrogens is 1. The van der Waals surface area contributed by atoms with Crippen molar-refractivity contribution in [3.63, 3.8) is 0 Å². The lowest BCUT2D eigenvalue weighted by Crippen LogP contribution is -2.26. The second kappa shape index (κ2) is 6.85. The van der Waals surface area contributed by atoms with E-state index in [1.807, 2.05) is 0 Å². The summed E-state index contributed by atoms with van der Waals surface area (Å²) in [6, 6.07) is 7.12. The topological polar surface area (TPSA) is 68.0 Å². The van der Waals surface area contributed by atoms with Crippen molar-refractivity contribution in [2.75, 3.05) is 0 Å². The van der Waals surface area contributed by atoms with Crippen LogP contribution in [0.5, 0.6) is 0 Å². The predicted molar refractivity (Wildman–Crippen MR) is 108 cm³/mol. The first-order chi connectivity index (χ1) is 12.5. The van der Waals surface area contributed by atoms with Gasteiger partial charge in [0.05, 0.1) is 10.3 Å². The van der Waals surface area contributed by atoms with Crippen molar-refractivity contribution in [3.05, 3.63) is 62.6 Å². The molecule has 9 heteroatoms. The van der Waals surface area contributed by atoms with Crippen LogP contribution in [0.3, 0.4) is 0 Å². The van der Waals surface area contributed by atoms with E-state index in [1.165, 1.54) is 54.7 Å². The second-order valence-electron chi connectivity index (χ2n) is 6.84. The summed E-state index contributed by atoms with van der Waals surface area (Å²) in [6.45, 7) is 4.60. The van der Waals surface area contributed by atoms with E-state index in [0.717, 1.165) is 6.21 Å². The Morgan fingerprint density at radius 1 is 1.26 bits per heavy atom. The molecular weight excluding hydrogens is 411 g/mol. The zero-order valence-corrected chi connectivity index (χ0v) is 17.1. The Morgan fingerprint density at radius 3 is 2.59 bits per heavy atom. The Kier molecular flexibility index (Phi) is 5.00. The summed E-state index contributed by atoms with van der Waals surface area (Å²) >= 11 is 7.33. The van der Waals surface area contributed by atoms with E-state index in [1.54, 1.807) is 17.5 Å². The molecule has 0 radical (unpaired) electrons. The molecule has 0 aliphatic heterocycles. The second-order valence-corrected chi connectivity index (χ2v) is 10.5. The number of benzene rings is 1. The van der Waals surface area contributed by atoms with E-state index < -0.39 is 26.1 Å². The minimum Gasteiger partial charge on any atom is -0.268 e. The molecule has 0 saturated carbocycles. The van der Waals surface area contributed by atoms with Crippen molar-refractivity contribution < 1.29 is 12.8 Å². The van der Waals surface area contributed by atoms with Crippen LogP contribution in [0.1, 0.15) is 26.3 Å². The molecule has 0 amide bonds. The molecule has 0 saturated heterocycles. The number of thiazole rings is 1. The van der Waals surface area contributed by atoms with Gasteiger partial charge in [0.2, 0.25) is 0 Å². The first-order valence-corrected chi connectivity index (χ1v) is 10.6. The van der Waals surface area contributed by atoms with E-state index in [4.69, 9.17) is 11.6 Å². The van der Waals surface area contributed by atoms with Gasteiger partial charge in [-0.15, -0.1) is 11.3 Å². The van der Waals surface area contributed by atoms with Crippen LogP contribution in [0.2, 0.25) is 5.15 Å². The van der Waals surface area contributed by atoms with Crippen molar-refractivity contribution in [1.82, 2.24) is 4.40 Å². The van der Waals surface area contributed by atoms with Gasteiger partial charge in [-0.25, -0.2) is 12.8 Å². The molecule has 0 spiro atoms. The summed E-state index contributed by atoms with van der Waals surface area (Å²) in [5.74, 6) is -0.515. The van der Waals surface area contributed by atoms with Gasteiger partial charge in [-0.1, -0.05) is 23.7 Å². The molecule has 0 fully saturated rings. The fraction of sp³-hybridized carbons (Fsp3) is 0.222. The van der Waals surface area contributed by atoms with Crippen LogP contribution >= 0.6 is 22.9 Å². The van der Waals surface area contributed by atoms with Gasteiger partial charge in [0.15, 0.2) is 0 Å². The third-order valence-corrected chi connectivity index (χ3v) is 7.13. The monoisotopic (exact) mass is 426 g/mol. The van der Waals surface area contributed by atoms with E-state index in [9.17, 15) is 17.6 Å². The molecule has 0 bridgehead atoms. The molecular formula is C18H16ClFN2O3S2. The summed E-state index contributed by atoms with van der Waals surface area (Å²) in [5.41, 5.74) is 0.238. The van der Waals surface area contributed by atoms with E-state index in [2.05, 4.69) is 4.40 Å². The maximum absolute atomic E-state index is 13.7. The van der Waals surface area contributed by atoms with Crippen molar-refractivity contribution >= 4 is 44.0 Å². The highest BCUT2D eigenvalue weighted by atomic mass is 35.5. The Hall–Kier alpha value is -2.03. The van der Waals surface area contributed by atoms with Gasteiger partial charge >= 0.3 is 0 Å². The van der Waals surface area contributed by atoms with Crippen molar-refractivity contribution in [2.24, 2.45) is 4.40 Å². The molecule has 2 heterocycles. The van der Waals surface area contributed by atoms with Gasteiger partial charge in [-0.2, -0.15) is 4.40 Å². The van der Waals surface area contributed by atoms with Crippen LogP contribution in [0, 0.1) is 5.82 Å². The predicted octanol–water partition coefficient (Wildman–Crippen LogP) is 4.37. The minimum atomic E-state index is -3.80. The van der Waals surface area contributed by atoms with Crippen molar-refractivity contribution in [1.29, 1.82) is 0 Å². The van der Waals surface area contributed by atoms with Crippen LogP contribution < -0.4 is 5.56 Å². The highest BCUT2D eigenvalue weighted by Gasteiger charge is 2.28. The number of hydrogen-bond donors (Lipinski definition) is 0. The number of rotatable bonds is 3. The zero-order valence-electron chi connectivity index (χ0n) is 14.7. The van der Waals surface area contributed by atoms with Crippen LogP contribution in [-0.4, -0.2) is 23.8 Å². The van der Waals surface area contributed by atoms with E-state index >= 15 is 0 Å². The van der Waals surface area contributed by atoms with Gasteiger partial charge in [0.1, 0.15) is 15.8 Å². The Bertz CT molecular complexity index is 1220. The fourth-order valence-electron chi connectivity index (χ4n) is 2.38. The van der Waals surface area contributed by atoms with Gasteiger partial charge in [-0.3, -0.25) is 9.20 Å². The highest BCUT2D eigenvalue weighted by Crippen LogP contribution is 2.26. The molecule has 3 rings (SSSR count). The van der Waals surface area contributed by atoms with E-state index in [-0.39, 0.29) is 16.3 Å². The van der Waals surface area contributed by atoms with Gasteiger partial charge in [0, 0.05) is 17.2 Å². The lowest BCUT2D eigenvalue weighted by atomic mass is 10.0. The highest BCUT2D eigenvalue weighted by molar-refractivity contribution is 7.91. The summed E-state index contributed by atoms with van der Waals surface area (Å²) < 4.78 is 42.3. The molecule has 0 atom stereocenters. The minimum absolute atomic E-state index is 0.125. The third kappa shape index (κ3) is 3.69. The standard InChI is InChI=1S/C18H16ClFN2O3S2/c1-18(2,3)27(24,25)21-9-12-8-15-22(14(19)10-26-15)17(23)16(12)11-5-4-6-13(20)7-11/h4-10H,1-3H3/b21-9+. The number of nitrogens with zero attached hydrogens (tertiary/aromatic N) is 2. The first kappa shape index (κ1) is 19.7.